The zero-order valence-electron chi connectivity index (χ0n) is 18.6. The average Bonchev–Trinajstić information content (AvgIpc) is 2.99. The number of aryl methyl sites for hydroxylation is 1. The molecule has 1 saturated carbocycles. The van der Waals surface area contributed by atoms with Crippen LogP contribution in [-0.4, -0.2) is 68.8 Å². The van der Waals surface area contributed by atoms with Crippen LogP contribution >= 0.6 is 0 Å². The monoisotopic (exact) mass is 462 g/mol. The smallest absolute Gasteiger partial charge is 0.240 e. The topological polar surface area (TPSA) is 98.8 Å². The van der Waals surface area contributed by atoms with Gasteiger partial charge in [0.25, 0.3) is 0 Å². The third-order valence-electron chi connectivity index (χ3n) is 6.90. The second-order valence-corrected chi connectivity index (χ2v) is 10.8. The van der Waals surface area contributed by atoms with Crippen LogP contribution in [0.3, 0.4) is 0 Å². The van der Waals surface area contributed by atoms with Gasteiger partial charge in [-0.3, -0.25) is 14.5 Å². The standard InChI is InChI=1S/C23H34N4O4S/c28-22-8-4-5-18-17-20(9-10-21(18)25-22)32(30,31)24-12-11-23(29)27-15-13-26(14-16-27)19-6-2-1-3-7-19/h9-10,17,19,24H,1-8,11-16H2,(H,25,28). The molecule has 2 N–H and O–H groups in total. The van der Waals surface area contributed by atoms with Crippen LogP contribution < -0.4 is 10.0 Å². The number of carbonyl (C=O) groups is 2. The summed E-state index contributed by atoms with van der Waals surface area (Å²) in [5.74, 6) is -0.0452. The van der Waals surface area contributed by atoms with Crippen LogP contribution in [0.15, 0.2) is 23.1 Å². The molecule has 176 valence electrons. The van der Waals surface area contributed by atoms with E-state index in [2.05, 4.69) is 14.9 Å². The lowest BCUT2D eigenvalue weighted by molar-refractivity contribution is -0.133. The summed E-state index contributed by atoms with van der Waals surface area (Å²) >= 11 is 0. The number of sulfonamides is 1. The zero-order valence-corrected chi connectivity index (χ0v) is 19.5. The molecule has 2 aliphatic heterocycles. The Kier molecular flexibility index (Phi) is 7.48. The van der Waals surface area contributed by atoms with Gasteiger partial charge in [0.1, 0.15) is 0 Å². The first-order valence-electron chi connectivity index (χ1n) is 11.9. The van der Waals surface area contributed by atoms with Crippen LogP contribution in [0.5, 0.6) is 0 Å². The SMILES string of the molecule is O=C1CCCc2cc(S(=O)(=O)NCCC(=O)N3CCN(C4CCCCC4)CC3)ccc2N1. The molecule has 0 aromatic heterocycles. The third kappa shape index (κ3) is 5.68. The first-order valence-corrected chi connectivity index (χ1v) is 13.3. The van der Waals surface area contributed by atoms with Crippen molar-refractivity contribution in [3.63, 3.8) is 0 Å². The highest BCUT2D eigenvalue weighted by atomic mass is 32.2. The molecule has 1 aliphatic carbocycles. The highest BCUT2D eigenvalue weighted by Gasteiger charge is 2.27. The van der Waals surface area contributed by atoms with Crippen LogP contribution in [0.2, 0.25) is 0 Å². The van der Waals surface area contributed by atoms with Crippen LogP contribution in [-0.2, 0) is 26.0 Å². The zero-order chi connectivity index (χ0) is 22.6. The number of anilines is 1. The molecule has 2 fully saturated rings. The summed E-state index contributed by atoms with van der Waals surface area (Å²) in [6.45, 7) is 3.34. The van der Waals surface area contributed by atoms with Gasteiger partial charge in [-0.2, -0.15) is 0 Å². The van der Waals surface area contributed by atoms with E-state index in [0.29, 0.717) is 31.0 Å². The summed E-state index contributed by atoms with van der Waals surface area (Å²) in [7, 11) is -3.71. The Morgan fingerprint density at radius 1 is 1.03 bits per heavy atom. The van der Waals surface area contributed by atoms with Gasteiger partial charge in [-0.15, -0.1) is 0 Å². The predicted octanol–water partition coefficient (Wildman–Crippen LogP) is 2.11. The third-order valence-corrected chi connectivity index (χ3v) is 8.36. The molecule has 32 heavy (non-hydrogen) atoms. The number of benzene rings is 1. The van der Waals surface area contributed by atoms with Crippen molar-refractivity contribution in [2.45, 2.75) is 68.7 Å². The minimum absolute atomic E-state index is 0.000588. The Labute approximate surface area is 190 Å². The molecular formula is C23H34N4O4S. The molecule has 0 atom stereocenters. The number of piperazine rings is 1. The summed E-state index contributed by atoms with van der Waals surface area (Å²) in [4.78, 5) is 28.8. The van der Waals surface area contributed by atoms with Gasteiger partial charge < -0.3 is 10.2 Å². The summed E-state index contributed by atoms with van der Waals surface area (Å²) in [6.07, 6.45) is 8.44. The summed E-state index contributed by atoms with van der Waals surface area (Å²) < 4.78 is 28.0. The molecule has 3 aliphatic rings. The Bertz CT molecular complexity index is 935. The predicted molar refractivity (Wildman–Crippen MR) is 123 cm³/mol. The number of hydrogen-bond donors (Lipinski definition) is 2. The second kappa shape index (κ2) is 10.3. The fourth-order valence-electron chi connectivity index (χ4n) is 5.03. The Morgan fingerprint density at radius 3 is 2.53 bits per heavy atom. The number of fused-ring (bicyclic) bond motifs is 1. The van der Waals surface area contributed by atoms with Gasteiger partial charge >= 0.3 is 0 Å². The quantitative estimate of drug-likeness (QED) is 0.675. The molecule has 0 spiro atoms. The van der Waals surface area contributed by atoms with Crippen LogP contribution in [0.25, 0.3) is 0 Å². The summed E-state index contributed by atoms with van der Waals surface area (Å²) in [5, 5.41) is 2.81. The molecule has 0 bridgehead atoms. The Hall–Kier alpha value is -1.97. The summed E-state index contributed by atoms with van der Waals surface area (Å²) in [5.41, 5.74) is 1.50. The molecular weight excluding hydrogens is 428 g/mol. The van der Waals surface area contributed by atoms with Gasteiger partial charge in [0.05, 0.1) is 4.90 Å². The minimum Gasteiger partial charge on any atom is -0.340 e. The molecule has 2 amide bonds. The molecule has 9 heteroatoms. The van der Waals surface area contributed by atoms with Crippen molar-refractivity contribution in [1.82, 2.24) is 14.5 Å². The molecule has 4 rings (SSSR count). The molecule has 2 heterocycles. The first-order chi connectivity index (χ1) is 15.4. The fraction of sp³-hybridized carbons (Fsp3) is 0.652. The maximum absolute atomic E-state index is 12.7. The highest BCUT2D eigenvalue weighted by Crippen LogP contribution is 2.25. The number of rotatable bonds is 6. The van der Waals surface area contributed by atoms with Crippen LogP contribution in [0.4, 0.5) is 5.69 Å². The number of hydrogen-bond acceptors (Lipinski definition) is 5. The van der Waals surface area contributed by atoms with Crippen molar-refractivity contribution in [3.8, 4) is 0 Å². The lowest BCUT2D eigenvalue weighted by Crippen LogP contribution is -2.52. The van der Waals surface area contributed by atoms with Crippen LogP contribution in [0.1, 0.15) is 56.9 Å². The Balaban J connectivity index is 1.25. The van der Waals surface area contributed by atoms with E-state index in [1.807, 2.05) is 4.90 Å². The van der Waals surface area contributed by atoms with E-state index >= 15 is 0 Å². The van der Waals surface area contributed by atoms with Crippen molar-refractivity contribution in [2.75, 3.05) is 38.0 Å². The van der Waals surface area contributed by atoms with E-state index in [4.69, 9.17) is 0 Å². The highest BCUT2D eigenvalue weighted by molar-refractivity contribution is 7.89. The lowest BCUT2D eigenvalue weighted by atomic mass is 9.94. The molecule has 8 nitrogen and oxygen atoms in total. The van der Waals surface area contributed by atoms with Crippen LogP contribution in [0, 0.1) is 0 Å². The minimum atomic E-state index is -3.71. The number of amides is 2. The van der Waals surface area contributed by atoms with Crippen molar-refractivity contribution in [1.29, 1.82) is 0 Å². The maximum Gasteiger partial charge on any atom is 0.240 e. The van der Waals surface area contributed by atoms with Gasteiger partial charge in [0.15, 0.2) is 0 Å². The fourth-order valence-corrected chi connectivity index (χ4v) is 6.12. The van der Waals surface area contributed by atoms with Gasteiger partial charge in [-0.25, -0.2) is 13.1 Å². The van der Waals surface area contributed by atoms with E-state index in [1.165, 1.54) is 38.2 Å². The molecule has 0 radical (unpaired) electrons. The van der Waals surface area contributed by atoms with E-state index in [0.717, 1.165) is 31.7 Å². The summed E-state index contributed by atoms with van der Waals surface area (Å²) in [6, 6.07) is 5.43. The molecule has 1 aromatic rings. The first kappa shape index (κ1) is 23.2. The number of nitrogens with one attached hydrogen (secondary N) is 2. The number of carbonyl (C=O) groups excluding carboxylic acids is 2. The molecule has 1 saturated heterocycles. The van der Waals surface area contributed by atoms with E-state index in [-0.39, 0.29) is 29.7 Å². The van der Waals surface area contributed by atoms with E-state index in [1.54, 1.807) is 12.1 Å². The molecule has 1 aromatic carbocycles. The largest absolute Gasteiger partial charge is 0.340 e. The van der Waals surface area contributed by atoms with Gasteiger partial charge in [0.2, 0.25) is 21.8 Å². The molecule has 0 unspecified atom stereocenters. The van der Waals surface area contributed by atoms with Gasteiger partial charge in [-0.1, -0.05) is 19.3 Å². The van der Waals surface area contributed by atoms with E-state index < -0.39 is 10.0 Å². The van der Waals surface area contributed by atoms with Gasteiger partial charge in [-0.05, 0) is 49.4 Å². The van der Waals surface area contributed by atoms with Crippen molar-refractivity contribution >= 4 is 27.5 Å². The normalized spacial score (nSPS) is 21.0. The van der Waals surface area contributed by atoms with Gasteiger partial charge in [0, 0.05) is 57.3 Å². The average molecular weight is 463 g/mol. The Morgan fingerprint density at radius 2 is 1.78 bits per heavy atom. The van der Waals surface area contributed by atoms with Crippen molar-refractivity contribution in [2.24, 2.45) is 0 Å². The number of nitrogens with zero attached hydrogens (tertiary/aromatic N) is 2. The lowest BCUT2D eigenvalue weighted by Gasteiger charge is -2.40. The maximum atomic E-state index is 12.7. The van der Waals surface area contributed by atoms with Crippen molar-refractivity contribution in [3.05, 3.63) is 23.8 Å². The van der Waals surface area contributed by atoms with Crippen molar-refractivity contribution < 1.29 is 18.0 Å². The second-order valence-electron chi connectivity index (χ2n) is 9.08. The van der Waals surface area contributed by atoms with E-state index in [9.17, 15) is 18.0 Å².